The highest BCUT2D eigenvalue weighted by atomic mass is 19.1. The summed E-state index contributed by atoms with van der Waals surface area (Å²) >= 11 is 0. The summed E-state index contributed by atoms with van der Waals surface area (Å²) in [6.45, 7) is 7.99. The van der Waals surface area contributed by atoms with Gasteiger partial charge < -0.3 is 14.2 Å². The first-order valence-electron chi connectivity index (χ1n) is 15.5. The molecule has 2 aromatic carbocycles. The van der Waals surface area contributed by atoms with Gasteiger partial charge >= 0.3 is 0 Å². The smallest absolute Gasteiger partial charge is 0.246 e. The van der Waals surface area contributed by atoms with Crippen molar-refractivity contribution in [2.45, 2.75) is 45.7 Å². The fourth-order valence-corrected chi connectivity index (χ4v) is 6.86. The van der Waals surface area contributed by atoms with Crippen LogP contribution in [0.5, 0.6) is 5.75 Å². The van der Waals surface area contributed by atoms with Gasteiger partial charge in [0.2, 0.25) is 12.7 Å². The van der Waals surface area contributed by atoms with E-state index in [0.717, 1.165) is 69.9 Å². The quantitative estimate of drug-likeness (QED) is 0.0651. The van der Waals surface area contributed by atoms with Crippen LogP contribution in [0.4, 0.5) is 8.78 Å². The lowest BCUT2D eigenvalue weighted by atomic mass is 9.90. The number of aromatic nitrogens is 5. The summed E-state index contributed by atoms with van der Waals surface area (Å²) < 4.78 is 40.3. The zero-order chi connectivity index (χ0) is 33.0. The Morgan fingerprint density at radius 3 is 2.68 bits per heavy atom. The number of imidazole rings is 1. The number of pyridine rings is 1. The fraction of sp³-hybridized carbons (Fsp3) is 0.314. The van der Waals surface area contributed by atoms with Crippen molar-refractivity contribution in [1.29, 1.82) is 0 Å². The minimum absolute atomic E-state index is 0.0464. The van der Waals surface area contributed by atoms with Gasteiger partial charge in [0, 0.05) is 36.9 Å². The topological polar surface area (TPSA) is 96.5 Å². The largest absolute Gasteiger partial charge is 0.464 e. The number of hydrogen-bond acceptors (Lipinski definition) is 7. The molecule has 12 heteroatoms. The molecule has 0 unspecified atom stereocenters. The van der Waals surface area contributed by atoms with E-state index in [4.69, 9.17) is 24.7 Å². The summed E-state index contributed by atoms with van der Waals surface area (Å²) in [4.78, 5) is 33.8. The summed E-state index contributed by atoms with van der Waals surface area (Å²) in [7, 11) is 3.30. The molecule has 1 amide bonds. The van der Waals surface area contributed by atoms with E-state index in [2.05, 4.69) is 11.5 Å². The van der Waals surface area contributed by atoms with Crippen LogP contribution in [-0.2, 0) is 41.0 Å². The third kappa shape index (κ3) is 5.27. The number of halogens is 2. The van der Waals surface area contributed by atoms with E-state index in [9.17, 15) is 9.18 Å². The monoisotopic (exact) mass is 640 g/mol. The van der Waals surface area contributed by atoms with Crippen LogP contribution in [0.25, 0.3) is 44.8 Å². The van der Waals surface area contributed by atoms with Crippen molar-refractivity contribution in [2.24, 2.45) is 7.05 Å². The van der Waals surface area contributed by atoms with E-state index in [1.54, 1.807) is 4.90 Å². The van der Waals surface area contributed by atoms with Gasteiger partial charge in [-0.15, -0.1) is 0 Å². The number of carbonyl (C=O) groups is 1. The van der Waals surface area contributed by atoms with E-state index >= 15 is 4.39 Å². The molecule has 242 valence electrons. The Morgan fingerprint density at radius 2 is 1.89 bits per heavy atom. The summed E-state index contributed by atoms with van der Waals surface area (Å²) in [6.07, 6.45) is 3.50. The summed E-state index contributed by atoms with van der Waals surface area (Å²) in [5.74, 6) is -0.913. The number of fused-ring (bicyclic) bond motifs is 3. The lowest BCUT2D eigenvalue weighted by molar-refractivity contribution is -0.303. The Hall–Kier alpha value is -4.94. The second-order valence-electron chi connectivity index (χ2n) is 12.0. The molecule has 1 atom stereocenters. The van der Waals surface area contributed by atoms with Gasteiger partial charge in [0.05, 0.1) is 53.4 Å². The van der Waals surface area contributed by atoms with E-state index in [1.807, 2.05) is 54.4 Å². The van der Waals surface area contributed by atoms with Crippen LogP contribution in [0.3, 0.4) is 0 Å². The Kier molecular flexibility index (Phi) is 7.85. The summed E-state index contributed by atoms with van der Waals surface area (Å²) in [5.41, 5.74) is 7.66. The van der Waals surface area contributed by atoms with Gasteiger partial charge in [0.15, 0.2) is 0 Å². The Labute approximate surface area is 270 Å². The third-order valence-corrected chi connectivity index (χ3v) is 9.09. The maximum Gasteiger partial charge on any atom is 0.246 e. The van der Waals surface area contributed by atoms with Gasteiger partial charge in [-0.2, -0.15) is 9.99 Å². The maximum atomic E-state index is 16.1. The van der Waals surface area contributed by atoms with Crippen molar-refractivity contribution in [3.63, 3.8) is 0 Å². The Balaban J connectivity index is 1.49. The van der Waals surface area contributed by atoms with Crippen molar-refractivity contribution >= 4 is 16.9 Å². The second-order valence-corrected chi connectivity index (χ2v) is 12.0. The first kappa shape index (κ1) is 30.7. The van der Waals surface area contributed by atoms with Gasteiger partial charge in [0.1, 0.15) is 28.9 Å². The van der Waals surface area contributed by atoms with Crippen LogP contribution in [0, 0.1) is 18.6 Å². The Morgan fingerprint density at radius 1 is 1.09 bits per heavy atom. The molecular weight excluding hydrogens is 606 g/mol. The van der Waals surface area contributed by atoms with Crippen LogP contribution in [-0.4, -0.2) is 55.6 Å². The molecule has 4 heterocycles. The van der Waals surface area contributed by atoms with Gasteiger partial charge in [-0.05, 0) is 68.5 Å². The highest BCUT2D eigenvalue weighted by molar-refractivity contribution is 5.91. The molecule has 0 bridgehead atoms. The molecule has 1 aliphatic heterocycles. The van der Waals surface area contributed by atoms with E-state index in [1.165, 1.54) is 13.2 Å². The van der Waals surface area contributed by atoms with Crippen molar-refractivity contribution in [3.8, 4) is 39.5 Å². The average Bonchev–Trinajstić information content (AvgIpc) is 3.78. The minimum atomic E-state index is -0.798. The number of nitrogens with zero attached hydrogens (tertiary/aromatic N) is 6. The number of aryl methyl sites for hydroxylation is 2. The molecule has 0 saturated heterocycles. The van der Waals surface area contributed by atoms with Crippen molar-refractivity contribution < 1.29 is 28.1 Å². The number of ether oxygens (including phenoxy) is 1. The first-order valence-corrected chi connectivity index (χ1v) is 15.5. The SMILES string of the molecule is C=CC(=O)N1Cc2cc(-c3nc(-c4ccc5c(c4)nc(C)n5C)c4c(c3-c3c(F)cc(F)cc3OCOOC)CCC4)nn2[C@@H](C)C1. The third-order valence-electron chi connectivity index (χ3n) is 9.09. The van der Waals surface area contributed by atoms with Gasteiger partial charge in [0.25, 0.3) is 0 Å². The summed E-state index contributed by atoms with van der Waals surface area (Å²) in [6, 6.07) is 9.82. The van der Waals surface area contributed by atoms with Crippen molar-refractivity contribution in [3.05, 3.63) is 83.3 Å². The highest BCUT2D eigenvalue weighted by Crippen LogP contribution is 2.47. The molecule has 0 radical (unpaired) electrons. The van der Waals surface area contributed by atoms with Crippen LogP contribution in [0.1, 0.15) is 42.0 Å². The van der Waals surface area contributed by atoms with E-state index < -0.39 is 11.6 Å². The predicted molar refractivity (Wildman–Crippen MR) is 171 cm³/mol. The van der Waals surface area contributed by atoms with Gasteiger partial charge in [-0.3, -0.25) is 9.48 Å². The summed E-state index contributed by atoms with van der Waals surface area (Å²) in [5, 5.41) is 4.98. The van der Waals surface area contributed by atoms with E-state index in [0.29, 0.717) is 36.5 Å². The number of amides is 1. The molecule has 7 rings (SSSR count). The van der Waals surface area contributed by atoms with Crippen LogP contribution >= 0.6 is 0 Å². The molecule has 0 saturated carbocycles. The van der Waals surface area contributed by atoms with Crippen LogP contribution in [0.15, 0.2) is 49.1 Å². The first-order chi connectivity index (χ1) is 22.7. The van der Waals surface area contributed by atoms with Crippen molar-refractivity contribution in [1.82, 2.24) is 29.2 Å². The number of carbonyl (C=O) groups excluding carboxylic acids is 1. The standard InChI is InChI=1S/C35H34F2N6O4/c1-6-31(44)42-16-19(2)43-23(17-42)15-28(40-43)35-32(33-26(37)13-22(36)14-30(33)46-18-47-45-5)24-8-7-9-25(24)34(39-35)21-10-11-29-27(12-21)38-20(3)41(29)4/h6,10-15,19H,1,7-9,16-18H2,2-5H3/t19-/m0/s1. The zero-order valence-corrected chi connectivity index (χ0v) is 26.6. The second kappa shape index (κ2) is 12.0. The molecule has 47 heavy (non-hydrogen) atoms. The van der Waals surface area contributed by atoms with Gasteiger partial charge in [-0.25, -0.2) is 23.6 Å². The number of rotatable bonds is 8. The fourth-order valence-electron chi connectivity index (χ4n) is 6.86. The normalized spacial score (nSPS) is 15.6. The van der Waals surface area contributed by atoms with Gasteiger partial charge in [-0.1, -0.05) is 12.6 Å². The predicted octanol–water partition coefficient (Wildman–Crippen LogP) is 6.24. The molecule has 10 nitrogen and oxygen atoms in total. The minimum Gasteiger partial charge on any atom is -0.464 e. The molecule has 2 aliphatic rings. The molecule has 0 N–H and O–H groups in total. The Bertz CT molecular complexity index is 2070. The molecule has 0 spiro atoms. The van der Waals surface area contributed by atoms with Crippen LogP contribution in [0.2, 0.25) is 0 Å². The number of benzene rings is 2. The molecule has 0 fully saturated rings. The zero-order valence-electron chi connectivity index (χ0n) is 26.6. The molecule has 5 aromatic rings. The van der Waals surface area contributed by atoms with Crippen molar-refractivity contribution in [2.75, 3.05) is 20.4 Å². The molecule has 1 aliphatic carbocycles. The number of hydrogen-bond donors (Lipinski definition) is 0. The lowest BCUT2D eigenvalue weighted by Crippen LogP contribution is -2.39. The molecule has 3 aromatic heterocycles. The lowest BCUT2D eigenvalue weighted by Gasteiger charge is -2.31. The average molecular weight is 641 g/mol. The highest BCUT2D eigenvalue weighted by Gasteiger charge is 2.33. The van der Waals surface area contributed by atoms with Crippen LogP contribution < -0.4 is 4.74 Å². The maximum absolute atomic E-state index is 16.1. The van der Waals surface area contributed by atoms with E-state index in [-0.39, 0.29) is 30.1 Å². The molecular formula is C35H34F2N6O4.